The Hall–Kier alpha value is -0.610. The van der Waals surface area contributed by atoms with E-state index >= 15 is 0 Å². The molecular weight excluding hydrogens is 218 g/mol. The monoisotopic (exact) mass is 239 g/mol. The van der Waals surface area contributed by atoms with E-state index in [1.54, 1.807) is 11.8 Å². The molecule has 0 saturated heterocycles. The highest BCUT2D eigenvalue weighted by molar-refractivity contribution is 7.99. The molecule has 1 unspecified atom stereocenters. The number of aryl methyl sites for hydroxylation is 2. The van der Waals surface area contributed by atoms with E-state index in [2.05, 4.69) is 30.7 Å². The smallest absolute Gasteiger partial charge is 0.188 e. The van der Waals surface area contributed by atoms with Gasteiger partial charge in [0.15, 0.2) is 5.16 Å². The van der Waals surface area contributed by atoms with Gasteiger partial charge in [-0.2, -0.15) is 0 Å². The first-order valence-electron chi connectivity index (χ1n) is 5.62. The van der Waals surface area contributed by atoms with E-state index in [1.807, 2.05) is 13.8 Å². The lowest BCUT2D eigenvalue weighted by molar-refractivity contribution is 0.535. The van der Waals surface area contributed by atoms with E-state index < -0.39 is 0 Å². The van der Waals surface area contributed by atoms with Crippen molar-refractivity contribution in [3.05, 3.63) is 17.0 Å². The molecular formula is C12H21N3S. The zero-order valence-corrected chi connectivity index (χ0v) is 11.6. The van der Waals surface area contributed by atoms with Crippen LogP contribution >= 0.6 is 11.8 Å². The van der Waals surface area contributed by atoms with Crippen molar-refractivity contribution in [2.45, 2.75) is 45.8 Å². The van der Waals surface area contributed by atoms with Gasteiger partial charge < -0.3 is 5.73 Å². The van der Waals surface area contributed by atoms with Crippen molar-refractivity contribution in [1.82, 2.24) is 9.97 Å². The molecule has 90 valence electrons. The molecule has 0 aliphatic heterocycles. The Kier molecular flexibility index (Phi) is 4.74. The maximum atomic E-state index is 5.99. The van der Waals surface area contributed by atoms with Crippen LogP contribution in [0.2, 0.25) is 0 Å². The molecule has 0 fully saturated rings. The van der Waals surface area contributed by atoms with Gasteiger partial charge in [-0.3, -0.25) is 0 Å². The average Bonchev–Trinajstić information content (AvgIpc) is 2.22. The number of nitrogens with zero attached hydrogens (tertiary/aromatic N) is 2. The van der Waals surface area contributed by atoms with Crippen LogP contribution in [0.1, 0.15) is 30.8 Å². The lowest BCUT2D eigenvalue weighted by Crippen LogP contribution is -2.28. The first kappa shape index (κ1) is 13.5. The van der Waals surface area contributed by atoms with Crippen LogP contribution < -0.4 is 5.73 Å². The summed E-state index contributed by atoms with van der Waals surface area (Å²) in [6.07, 6.45) is 0. The van der Waals surface area contributed by atoms with Crippen molar-refractivity contribution in [2.24, 2.45) is 11.7 Å². The zero-order valence-electron chi connectivity index (χ0n) is 10.7. The summed E-state index contributed by atoms with van der Waals surface area (Å²) in [7, 11) is 0. The second-order valence-electron chi connectivity index (χ2n) is 4.52. The second kappa shape index (κ2) is 5.64. The first-order valence-corrected chi connectivity index (χ1v) is 6.60. The van der Waals surface area contributed by atoms with Crippen LogP contribution in [0.15, 0.2) is 5.16 Å². The highest BCUT2D eigenvalue weighted by Crippen LogP contribution is 2.18. The zero-order chi connectivity index (χ0) is 12.3. The number of hydrogen-bond acceptors (Lipinski definition) is 4. The molecule has 1 heterocycles. The molecule has 4 heteroatoms. The first-order chi connectivity index (χ1) is 7.41. The van der Waals surface area contributed by atoms with Gasteiger partial charge in [-0.1, -0.05) is 25.6 Å². The van der Waals surface area contributed by atoms with E-state index in [1.165, 1.54) is 5.56 Å². The van der Waals surface area contributed by atoms with Crippen LogP contribution in [-0.2, 0) is 0 Å². The highest BCUT2D eigenvalue weighted by Gasteiger charge is 2.10. The normalized spacial score (nSPS) is 13.2. The second-order valence-corrected chi connectivity index (χ2v) is 5.51. The lowest BCUT2D eigenvalue weighted by atomic mass is 10.1. The van der Waals surface area contributed by atoms with Crippen molar-refractivity contribution >= 4 is 11.8 Å². The standard InChI is InChI=1S/C12H21N3S/c1-7(2)11(13)6-16-12-14-9(4)8(3)10(5)15-12/h7,11H,6,13H2,1-5H3. The van der Waals surface area contributed by atoms with Gasteiger partial charge in [-0.05, 0) is 32.3 Å². The van der Waals surface area contributed by atoms with Gasteiger partial charge in [0.2, 0.25) is 0 Å². The average molecular weight is 239 g/mol. The molecule has 0 bridgehead atoms. The summed E-state index contributed by atoms with van der Waals surface area (Å²) in [6, 6.07) is 0.204. The Morgan fingerprint density at radius 2 is 1.62 bits per heavy atom. The summed E-state index contributed by atoms with van der Waals surface area (Å²) in [5.41, 5.74) is 9.30. The predicted octanol–water partition coefficient (Wildman–Crippen LogP) is 2.48. The third-order valence-electron chi connectivity index (χ3n) is 2.87. The molecule has 0 aliphatic carbocycles. The molecule has 0 saturated carbocycles. The quantitative estimate of drug-likeness (QED) is 0.648. The van der Waals surface area contributed by atoms with Crippen molar-refractivity contribution in [3.8, 4) is 0 Å². The van der Waals surface area contributed by atoms with Gasteiger partial charge in [0, 0.05) is 23.2 Å². The minimum absolute atomic E-state index is 0.204. The van der Waals surface area contributed by atoms with Gasteiger partial charge in [-0.15, -0.1) is 0 Å². The van der Waals surface area contributed by atoms with E-state index in [0.717, 1.165) is 22.3 Å². The van der Waals surface area contributed by atoms with Crippen LogP contribution in [-0.4, -0.2) is 21.8 Å². The van der Waals surface area contributed by atoms with E-state index in [0.29, 0.717) is 5.92 Å². The van der Waals surface area contributed by atoms with E-state index in [-0.39, 0.29) is 6.04 Å². The van der Waals surface area contributed by atoms with Crippen LogP contribution in [0.4, 0.5) is 0 Å². The summed E-state index contributed by atoms with van der Waals surface area (Å²) in [5.74, 6) is 1.37. The van der Waals surface area contributed by atoms with E-state index in [9.17, 15) is 0 Å². The lowest BCUT2D eigenvalue weighted by Gasteiger charge is -2.14. The molecule has 0 aliphatic rings. The highest BCUT2D eigenvalue weighted by atomic mass is 32.2. The molecule has 0 radical (unpaired) electrons. The third-order valence-corrected chi connectivity index (χ3v) is 3.87. The largest absolute Gasteiger partial charge is 0.327 e. The van der Waals surface area contributed by atoms with Crippen molar-refractivity contribution in [1.29, 1.82) is 0 Å². The molecule has 0 spiro atoms. The van der Waals surface area contributed by atoms with Gasteiger partial charge in [0.05, 0.1) is 0 Å². The maximum Gasteiger partial charge on any atom is 0.188 e. The Balaban J connectivity index is 2.68. The summed E-state index contributed by atoms with van der Waals surface area (Å²) in [4.78, 5) is 8.92. The van der Waals surface area contributed by atoms with Gasteiger partial charge in [0.25, 0.3) is 0 Å². The Labute approximate surface area is 102 Å². The fraction of sp³-hybridized carbons (Fsp3) is 0.667. The molecule has 3 nitrogen and oxygen atoms in total. The SMILES string of the molecule is Cc1nc(SCC(N)C(C)C)nc(C)c1C. The van der Waals surface area contributed by atoms with Crippen molar-refractivity contribution < 1.29 is 0 Å². The molecule has 0 aromatic carbocycles. The summed E-state index contributed by atoms with van der Waals surface area (Å²) < 4.78 is 0. The van der Waals surface area contributed by atoms with Crippen molar-refractivity contribution in [3.63, 3.8) is 0 Å². The van der Waals surface area contributed by atoms with Crippen LogP contribution in [0.5, 0.6) is 0 Å². The molecule has 16 heavy (non-hydrogen) atoms. The van der Waals surface area contributed by atoms with Crippen LogP contribution in [0.25, 0.3) is 0 Å². The van der Waals surface area contributed by atoms with E-state index in [4.69, 9.17) is 5.73 Å². The minimum Gasteiger partial charge on any atom is -0.327 e. The number of nitrogens with two attached hydrogens (primary N) is 1. The third kappa shape index (κ3) is 3.46. The van der Waals surface area contributed by atoms with Gasteiger partial charge in [-0.25, -0.2) is 9.97 Å². The Morgan fingerprint density at radius 3 is 2.06 bits per heavy atom. The summed E-state index contributed by atoms with van der Waals surface area (Å²) >= 11 is 1.65. The topological polar surface area (TPSA) is 51.8 Å². The fourth-order valence-corrected chi connectivity index (χ4v) is 2.30. The number of aromatic nitrogens is 2. The number of thioether (sulfide) groups is 1. The van der Waals surface area contributed by atoms with Crippen LogP contribution in [0, 0.1) is 26.7 Å². The Morgan fingerprint density at radius 1 is 1.12 bits per heavy atom. The predicted molar refractivity (Wildman–Crippen MR) is 69.8 cm³/mol. The minimum atomic E-state index is 0.204. The molecule has 1 atom stereocenters. The molecule has 0 amide bonds. The summed E-state index contributed by atoms with van der Waals surface area (Å²) in [6.45, 7) is 10.4. The number of hydrogen-bond donors (Lipinski definition) is 1. The fourth-order valence-electron chi connectivity index (χ4n) is 1.17. The Bertz CT molecular complexity index is 340. The van der Waals surface area contributed by atoms with Crippen molar-refractivity contribution in [2.75, 3.05) is 5.75 Å². The van der Waals surface area contributed by atoms with Gasteiger partial charge >= 0.3 is 0 Å². The van der Waals surface area contributed by atoms with Gasteiger partial charge in [0.1, 0.15) is 0 Å². The molecule has 1 aromatic rings. The number of rotatable bonds is 4. The molecule has 1 rings (SSSR count). The van der Waals surface area contributed by atoms with Crippen LogP contribution in [0.3, 0.4) is 0 Å². The molecule has 1 aromatic heterocycles. The maximum absolute atomic E-state index is 5.99. The summed E-state index contributed by atoms with van der Waals surface area (Å²) in [5, 5.41) is 0.844. The molecule has 2 N–H and O–H groups in total.